The molecule has 1 N–H and O–H groups in total. The summed E-state index contributed by atoms with van der Waals surface area (Å²) in [5.41, 5.74) is 2.20. The highest BCUT2D eigenvalue weighted by molar-refractivity contribution is 6.31. The second-order valence-electron chi connectivity index (χ2n) is 6.10. The first-order valence-electron chi connectivity index (χ1n) is 8.70. The van der Waals surface area contributed by atoms with E-state index in [0.29, 0.717) is 28.8 Å². The number of ether oxygens (including phenoxy) is 1. The summed E-state index contributed by atoms with van der Waals surface area (Å²) in [6.45, 7) is 2.56. The van der Waals surface area contributed by atoms with E-state index in [9.17, 15) is 9.90 Å². The number of imidazole rings is 1. The first-order chi connectivity index (χ1) is 12.6. The Bertz CT molecular complexity index is 921. The highest BCUT2D eigenvalue weighted by atomic mass is 35.5. The number of fused-ring (bicyclic) bond motifs is 1. The highest BCUT2D eigenvalue weighted by Crippen LogP contribution is 2.34. The van der Waals surface area contributed by atoms with E-state index in [1.807, 2.05) is 30.3 Å². The van der Waals surface area contributed by atoms with E-state index < -0.39 is 5.97 Å². The molecule has 0 aliphatic carbocycles. The number of carboxylic acids is 1. The van der Waals surface area contributed by atoms with Gasteiger partial charge in [-0.25, -0.2) is 4.98 Å². The Labute approximate surface area is 157 Å². The zero-order valence-electron chi connectivity index (χ0n) is 14.6. The Balaban J connectivity index is 2.07. The number of aromatic nitrogens is 2. The average Bonchev–Trinajstić information content (AvgIpc) is 2.98. The van der Waals surface area contributed by atoms with Crippen molar-refractivity contribution in [2.75, 3.05) is 6.61 Å². The Kier molecular flexibility index (Phi) is 5.78. The van der Waals surface area contributed by atoms with E-state index in [0.717, 1.165) is 30.3 Å². The number of hydrogen-bond donors (Lipinski definition) is 1. The molecule has 26 heavy (non-hydrogen) atoms. The van der Waals surface area contributed by atoms with Gasteiger partial charge in [0.1, 0.15) is 18.1 Å². The SMILES string of the molecule is CCCCCOc1ccc(Cl)cc1-c1nc2ccccc2n1CC(=O)O. The van der Waals surface area contributed by atoms with Crippen LogP contribution in [-0.4, -0.2) is 27.2 Å². The topological polar surface area (TPSA) is 64.4 Å². The maximum Gasteiger partial charge on any atom is 0.323 e. The van der Waals surface area contributed by atoms with Crippen molar-refractivity contribution in [3.05, 3.63) is 47.5 Å². The molecule has 0 radical (unpaired) electrons. The van der Waals surface area contributed by atoms with E-state index in [2.05, 4.69) is 11.9 Å². The van der Waals surface area contributed by atoms with Gasteiger partial charge in [-0.3, -0.25) is 4.79 Å². The summed E-state index contributed by atoms with van der Waals surface area (Å²) < 4.78 is 7.63. The number of unbranched alkanes of at least 4 members (excludes halogenated alkanes) is 2. The normalized spacial score (nSPS) is 11.0. The molecular formula is C20H21ClN2O3. The number of aliphatic carboxylic acids is 1. The number of benzene rings is 2. The van der Waals surface area contributed by atoms with Crippen molar-refractivity contribution in [2.45, 2.75) is 32.7 Å². The standard InChI is InChI=1S/C20H21ClN2O3/c1-2-3-6-11-26-18-10-9-14(21)12-15(18)20-22-16-7-4-5-8-17(16)23(20)13-19(24)25/h4-5,7-10,12H,2-3,6,11,13H2,1H3,(H,24,25). The van der Waals surface area contributed by atoms with E-state index in [1.54, 1.807) is 16.7 Å². The van der Waals surface area contributed by atoms with Crippen LogP contribution in [-0.2, 0) is 11.3 Å². The minimum atomic E-state index is -0.929. The number of carbonyl (C=O) groups is 1. The van der Waals surface area contributed by atoms with Gasteiger partial charge in [0.25, 0.3) is 0 Å². The van der Waals surface area contributed by atoms with Crippen LogP contribution in [0.2, 0.25) is 5.02 Å². The molecule has 0 aliphatic rings. The predicted octanol–water partition coefficient (Wildman–Crippen LogP) is 5.01. The van der Waals surface area contributed by atoms with Gasteiger partial charge >= 0.3 is 5.97 Å². The van der Waals surface area contributed by atoms with Gasteiger partial charge in [0, 0.05) is 5.02 Å². The van der Waals surface area contributed by atoms with Crippen LogP contribution < -0.4 is 4.74 Å². The first-order valence-corrected chi connectivity index (χ1v) is 9.07. The number of nitrogens with zero attached hydrogens (tertiary/aromatic N) is 2. The van der Waals surface area contributed by atoms with Gasteiger partial charge in [-0.1, -0.05) is 43.5 Å². The largest absolute Gasteiger partial charge is 0.493 e. The van der Waals surface area contributed by atoms with E-state index in [-0.39, 0.29) is 6.54 Å². The van der Waals surface area contributed by atoms with Crippen LogP contribution in [0.3, 0.4) is 0 Å². The number of halogens is 1. The lowest BCUT2D eigenvalue weighted by molar-refractivity contribution is -0.137. The van der Waals surface area contributed by atoms with Gasteiger partial charge in [-0.15, -0.1) is 0 Å². The summed E-state index contributed by atoms with van der Waals surface area (Å²) in [6.07, 6.45) is 3.18. The minimum Gasteiger partial charge on any atom is -0.493 e. The van der Waals surface area contributed by atoms with Crippen LogP contribution in [0, 0.1) is 0 Å². The first kappa shape index (κ1) is 18.3. The fourth-order valence-electron chi connectivity index (χ4n) is 2.91. The van der Waals surface area contributed by atoms with Crippen molar-refractivity contribution >= 4 is 28.6 Å². The molecule has 0 spiro atoms. The van der Waals surface area contributed by atoms with Gasteiger partial charge in [-0.2, -0.15) is 0 Å². The predicted molar refractivity (Wildman–Crippen MR) is 103 cm³/mol. The number of para-hydroxylation sites is 2. The van der Waals surface area contributed by atoms with Crippen molar-refractivity contribution in [1.82, 2.24) is 9.55 Å². The fraction of sp³-hybridized carbons (Fsp3) is 0.300. The van der Waals surface area contributed by atoms with Gasteiger partial charge in [0.15, 0.2) is 0 Å². The molecule has 0 aliphatic heterocycles. The average molecular weight is 373 g/mol. The Hall–Kier alpha value is -2.53. The highest BCUT2D eigenvalue weighted by Gasteiger charge is 2.18. The molecule has 0 amide bonds. The maximum atomic E-state index is 11.4. The van der Waals surface area contributed by atoms with Gasteiger partial charge in [-0.05, 0) is 36.8 Å². The van der Waals surface area contributed by atoms with Gasteiger partial charge < -0.3 is 14.4 Å². The summed E-state index contributed by atoms with van der Waals surface area (Å²) in [6, 6.07) is 12.8. The third kappa shape index (κ3) is 3.99. The van der Waals surface area contributed by atoms with Crippen molar-refractivity contribution in [3.63, 3.8) is 0 Å². The Morgan fingerprint density at radius 1 is 1.23 bits per heavy atom. The van der Waals surface area contributed by atoms with Crippen LogP contribution in [0.1, 0.15) is 26.2 Å². The molecule has 1 aromatic heterocycles. The van der Waals surface area contributed by atoms with Crippen LogP contribution in [0.25, 0.3) is 22.4 Å². The summed E-state index contributed by atoms with van der Waals surface area (Å²) in [4.78, 5) is 16.0. The molecule has 3 aromatic rings. The smallest absolute Gasteiger partial charge is 0.323 e. The molecule has 136 valence electrons. The second kappa shape index (κ2) is 8.23. The van der Waals surface area contributed by atoms with Gasteiger partial charge in [0.2, 0.25) is 0 Å². The molecule has 6 heteroatoms. The molecule has 0 saturated carbocycles. The second-order valence-corrected chi connectivity index (χ2v) is 6.54. The molecule has 3 rings (SSSR count). The maximum absolute atomic E-state index is 11.4. The molecule has 0 bridgehead atoms. The summed E-state index contributed by atoms with van der Waals surface area (Å²) in [7, 11) is 0. The lowest BCUT2D eigenvalue weighted by atomic mass is 10.2. The molecule has 1 heterocycles. The molecule has 0 saturated heterocycles. The monoisotopic (exact) mass is 372 g/mol. The van der Waals surface area contributed by atoms with Crippen molar-refractivity contribution in [2.24, 2.45) is 0 Å². The van der Waals surface area contributed by atoms with Gasteiger partial charge in [0.05, 0.1) is 23.2 Å². The molecule has 5 nitrogen and oxygen atoms in total. The lowest BCUT2D eigenvalue weighted by Gasteiger charge is -2.13. The quantitative estimate of drug-likeness (QED) is 0.564. The molecule has 0 atom stereocenters. The summed E-state index contributed by atoms with van der Waals surface area (Å²) in [5.74, 6) is 0.274. The van der Waals surface area contributed by atoms with E-state index in [4.69, 9.17) is 16.3 Å². The summed E-state index contributed by atoms with van der Waals surface area (Å²) in [5, 5.41) is 9.89. The third-order valence-electron chi connectivity index (χ3n) is 4.14. The number of carboxylic acid groups (broad SMARTS) is 1. The Morgan fingerprint density at radius 3 is 2.81 bits per heavy atom. The molecule has 0 fully saturated rings. The molecule has 2 aromatic carbocycles. The third-order valence-corrected chi connectivity index (χ3v) is 4.37. The fourth-order valence-corrected chi connectivity index (χ4v) is 3.09. The van der Waals surface area contributed by atoms with E-state index >= 15 is 0 Å². The summed E-state index contributed by atoms with van der Waals surface area (Å²) >= 11 is 6.20. The van der Waals surface area contributed by atoms with Crippen molar-refractivity contribution in [1.29, 1.82) is 0 Å². The number of hydrogen-bond acceptors (Lipinski definition) is 3. The van der Waals surface area contributed by atoms with Crippen LogP contribution in [0.5, 0.6) is 5.75 Å². The van der Waals surface area contributed by atoms with Crippen molar-refractivity contribution < 1.29 is 14.6 Å². The zero-order chi connectivity index (χ0) is 18.5. The number of rotatable bonds is 8. The van der Waals surface area contributed by atoms with E-state index in [1.165, 1.54) is 0 Å². The van der Waals surface area contributed by atoms with Crippen molar-refractivity contribution in [3.8, 4) is 17.1 Å². The van der Waals surface area contributed by atoms with Crippen LogP contribution >= 0.6 is 11.6 Å². The lowest BCUT2D eigenvalue weighted by Crippen LogP contribution is -2.10. The molecular weight excluding hydrogens is 352 g/mol. The minimum absolute atomic E-state index is 0.183. The Morgan fingerprint density at radius 2 is 2.04 bits per heavy atom. The van der Waals surface area contributed by atoms with Crippen LogP contribution in [0.15, 0.2) is 42.5 Å². The van der Waals surface area contributed by atoms with Crippen LogP contribution in [0.4, 0.5) is 0 Å². The zero-order valence-corrected chi connectivity index (χ0v) is 15.4. The molecule has 0 unspecified atom stereocenters.